The Hall–Kier alpha value is -0.580. The molecule has 0 amide bonds. The molecule has 0 bridgehead atoms. The van der Waals surface area contributed by atoms with Crippen LogP contribution in [0, 0.1) is 0 Å². The van der Waals surface area contributed by atoms with Gasteiger partial charge in [-0.1, -0.05) is 22.9 Å². The summed E-state index contributed by atoms with van der Waals surface area (Å²) in [4.78, 5) is 2.46. The maximum absolute atomic E-state index is 5.53. The molecule has 0 aliphatic carbocycles. The van der Waals surface area contributed by atoms with Gasteiger partial charge in [0.05, 0.1) is 13.2 Å². The monoisotopic (exact) mass is 326 g/mol. The maximum atomic E-state index is 5.53. The van der Waals surface area contributed by atoms with E-state index >= 15 is 0 Å². The van der Waals surface area contributed by atoms with Gasteiger partial charge in [0.1, 0.15) is 0 Å². The van der Waals surface area contributed by atoms with E-state index in [1.54, 1.807) is 0 Å². The first-order valence-electron chi connectivity index (χ1n) is 7.06. The van der Waals surface area contributed by atoms with Gasteiger partial charge < -0.3 is 15.0 Å². The van der Waals surface area contributed by atoms with E-state index in [4.69, 9.17) is 4.74 Å². The first kappa shape index (κ1) is 14.8. The van der Waals surface area contributed by atoms with Crippen LogP contribution in [0.3, 0.4) is 0 Å². The Labute approximate surface area is 124 Å². The van der Waals surface area contributed by atoms with Crippen LogP contribution in [0.15, 0.2) is 22.7 Å². The molecule has 1 unspecified atom stereocenters. The molecule has 1 fully saturated rings. The number of nitrogens with zero attached hydrogens (tertiary/aromatic N) is 1. The molecule has 2 rings (SSSR count). The van der Waals surface area contributed by atoms with E-state index in [2.05, 4.69) is 58.2 Å². The Kier molecular flexibility index (Phi) is 5.67. The zero-order valence-electron chi connectivity index (χ0n) is 11.8. The number of morpholine rings is 1. The average Bonchev–Trinajstić information content (AvgIpc) is 2.40. The third-order valence-corrected chi connectivity index (χ3v) is 3.95. The predicted molar refractivity (Wildman–Crippen MR) is 83.8 cm³/mol. The van der Waals surface area contributed by atoms with Crippen LogP contribution in [0.25, 0.3) is 0 Å². The molecule has 0 saturated carbocycles. The zero-order chi connectivity index (χ0) is 13.7. The second-order valence-electron chi connectivity index (χ2n) is 5.07. The fraction of sp³-hybridized carbons (Fsp3) is 0.600. The van der Waals surface area contributed by atoms with Crippen LogP contribution in [0.4, 0.5) is 5.69 Å². The Balaban J connectivity index is 2.17. The normalized spacial score (nSPS) is 19.7. The highest BCUT2D eigenvalue weighted by molar-refractivity contribution is 9.10. The molecule has 1 saturated heterocycles. The number of benzene rings is 1. The van der Waals surface area contributed by atoms with Crippen molar-refractivity contribution >= 4 is 21.6 Å². The lowest BCUT2D eigenvalue weighted by atomic mass is 10.1. The number of anilines is 1. The summed E-state index contributed by atoms with van der Waals surface area (Å²) in [5, 5.41) is 3.49. The van der Waals surface area contributed by atoms with Crippen molar-refractivity contribution < 1.29 is 4.74 Å². The van der Waals surface area contributed by atoms with Crippen molar-refractivity contribution in [3.63, 3.8) is 0 Å². The minimum Gasteiger partial charge on any atom is -0.377 e. The van der Waals surface area contributed by atoms with Gasteiger partial charge in [0.15, 0.2) is 0 Å². The predicted octanol–water partition coefficient (Wildman–Crippen LogP) is 3.17. The molecule has 1 N–H and O–H groups in total. The fourth-order valence-corrected chi connectivity index (χ4v) is 2.87. The molecule has 3 nitrogen and oxygen atoms in total. The number of ether oxygens (including phenoxy) is 1. The van der Waals surface area contributed by atoms with Gasteiger partial charge >= 0.3 is 0 Å². The minimum absolute atomic E-state index is 0.444. The maximum Gasteiger partial charge on any atom is 0.0668 e. The summed E-state index contributed by atoms with van der Waals surface area (Å²) in [5.74, 6) is 0. The standard InChI is InChI=1S/C15H23BrN2O/c1-3-6-17-10-13-9-14(16)4-5-15(13)18-7-8-19-11-12(18)2/h4-5,9,12,17H,3,6-8,10-11H2,1-2H3. The second-order valence-corrected chi connectivity index (χ2v) is 5.98. The van der Waals surface area contributed by atoms with Gasteiger partial charge in [-0.05, 0) is 43.7 Å². The number of halogens is 1. The van der Waals surface area contributed by atoms with E-state index in [1.165, 1.54) is 11.3 Å². The van der Waals surface area contributed by atoms with E-state index in [0.29, 0.717) is 6.04 Å². The summed E-state index contributed by atoms with van der Waals surface area (Å²) < 4.78 is 6.67. The molecule has 1 aromatic carbocycles. The lowest BCUT2D eigenvalue weighted by Crippen LogP contribution is -2.44. The highest BCUT2D eigenvalue weighted by Crippen LogP contribution is 2.27. The van der Waals surface area contributed by atoms with Gasteiger partial charge in [0, 0.05) is 29.3 Å². The van der Waals surface area contributed by atoms with Crippen LogP contribution in [-0.2, 0) is 11.3 Å². The average molecular weight is 327 g/mol. The lowest BCUT2D eigenvalue weighted by molar-refractivity contribution is 0.0988. The van der Waals surface area contributed by atoms with Crippen molar-refractivity contribution in [1.82, 2.24) is 5.32 Å². The van der Waals surface area contributed by atoms with Crippen molar-refractivity contribution in [2.24, 2.45) is 0 Å². The molecule has 0 radical (unpaired) electrons. The molecule has 1 heterocycles. The van der Waals surface area contributed by atoms with Gasteiger partial charge in [0.2, 0.25) is 0 Å². The Bertz CT molecular complexity index is 411. The molecule has 4 heteroatoms. The van der Waals surface area contributed by atoms with Crippen molar-refractivity contribution in [3.05, 3.63) is 28.2 Å². The largest absolute Gasteiger partial charge is 0.377 e. The van der Waals surface area contributed by atoms with Crippen LogP contribution < -0.4 is 10.2 Å². The van der Waals surface area contributed by atoms with Gasteiger partial charge in [-0.25, -0.2) is 0 Å². The third-order valence-electron chi connectivity index (χ3n) is 3.46. The molecule has 0 spiro atoms. The molecule has 1 aliphatic rings. The first-order valence-corrected chi connectivity index (χ1v) is 7.85. The van der Waals surface area contributed by atoms with E-state index < -0.39 is 0 Å². The minimum atomic E-state index is 0.444. The third kappa shape index (κ3) is 3.94. The second kappa shape index (κ2) is 7.27. The summed E-state index contributed by atoms with van der Waals surface area (Å²) in [5.41, 5.74) is 2.69. The fourth-order valence-electron chi connectivity index (χ4n) is 2.46. The summed E-state index contributed by atoms with van der Waals surface area (Å²) in [6, 6.07) is 7.01. The topological polar surface area (TPSA) is 24.5 Å². The van der Waals surface area contributed by atoms with Crippen molar-refractivity contribution in [3.8, 4) is 0 Å². The summed E-state index contributed by atoms with van der Waals surface area (Å²) in [7, 11) is 0. The zero-order valence-corrected chi connectivity index (χ0v) is 13.4. The smallest absolute Gasteiger partial charge is 0.0668 e. The van der Waals surface area contributed by atoms with E-state index in [9.17, 15) is 0 Å². The van der Waals surface area contributed by atoms with Crippen LogP contribution in [0.2, 0.25) is 0 Å². The van der Waals surface area contributed by atoms with Gasteiger partial charge in [-0.15, -0.1) is 0 Å². The van der Waals surface area contributed by atoms with E-state index in [-0.39, 0.29) is 0 Å². The Morgan fingerprint density at radius 3 is 3.05 bits per heavy atom. The molecular weight excluding hydrogens is 304 g/mol. The van der Waals surface area contributed by atoms with Crippen molar-refractivity contribution in [2.45, 2.75) is 32.9 Å². The van der Waals surface area contributed by atoms with E-state index in [1.807, 2.05) is 0 Å². The molecular formula is C15H23BrN2O. The number of nitrogens with one attached hydrogen (secondary N) is 1. The SMILES string of the molecule is CCCNCc1cc(Br)ccc1N1CCOCC1C. The molecule has 1 aliphatic heterocycles. The summed E-state index contributed by atoms with van der Waals surface area (Å²) in [6.07, 6.45) is 1.16. The van der Waals surface area contributed by atoms with Crippen LogP contribution >= 0.6 is 15.9 Å². The first-order chi connectivity index (χ1) is 9.22. The number of hydrogen-bond acceptors (Lipinski definition) is 3. The number of hydrogen-bond donors (Lipinski definition) is 1. The lowest BCUT2D eigenvalue weighted by Gasteiger charge is -2.36. The van der Waals surface area contributed by atoms with Gasteiger partial charge in [-0.3, -0.25) is 0 Å². The van der Waals surface area contributed by atoms with Crippen LogP contribution in [0.1, 0.15) is 25.8 Å². The van der Waals surface area contributed by atoms with Crippen LogP contribution in [-0.4, -0.2) is 32.3 Å². The molecule has 1 aromatic rings. The van der Waals surface area contributed by atoms with Crippen LogP contribution in [0.5, 0.6) is 0 Å². The summed E-state index contributed by atoms with van der Waals surface area (Å²) >= 11 is 3.57. The van der Waals surface area contributed by atoms with Gasteiger partial charge in [0.25, 0.3) is 0 Å². The highest BCUT2D eigenvalue weighted by Gasteiger charge is 2.21. The Morgan fingerprint density at radius 2 is 2.32 bits per heavy atom. The molecule has 19 heavy (non-hydrogen) atoms. The molecule has 106 valence electrons. The number of rotatable bonds is 5. The van der Waals surface area contributed by atoms with Gasteiger partial charge in [-0.2, -0.15) is 0 Å². The quantitative estimate of drug-likeness (QED) is 0.841. The molecule has 0 aromatic heterocycles. The van der Waals surface area contributed by atoms with E-state index in [0.717, 1.165) is 43.7 Å². The van der Waals surface area contributed by atoms with Crippen molar-refractivity contribution in [2.75, 3.05) is 31.2 Å². The Morgan fingerprint density at radius 1 is 1.47 bits per heavy atom. The molecule has 1 atom stereocenters. The highest BCUT2D eigenvalue weighted by atomic mass is 79.9. The summed E-state index contributed by atoms with van der Waals surface area (Å²) in [6.45, 7) is 9.02. The van der Waals surface area contributed by atoms with Crippen molar-refractivity contribution in [1.29, 1.82) is 0 Å².